The quantitative estimate of drug-likeness (QED) is 0.357. The van der Waals surface area contributed by atoms with Gasteiger partial charge in [-0.3, -0.25) is 10.1 Å². The number of nitrogens with zero attached hydrogens (tertiary/aromatic N) is 2. The Kier molecular flexibility index (Phi) is 9.47. The zero-order valence-electron chi connectivity index (χ0n) is 15.5. The van der Waals surface area contributed by atoms with E-state index in [1.165, 1.54) is 24.3 Å². The standard InChI is InChI=1S/C20H24N2O4.ClH/c1-3-21(4-2)15-19(14-16-8-6-5-7-9-16)26-20(23)17-10-12-18(13-11-17)22(24)25;/h5-13,19H,3-4,14-15H2,1-2H3;1H/p-1. The molecule has 1 atom stereocenters. The number of halogens is 1. The first-order valence-corrected chi connectivity index (χ1v) is 8.75. The van der Waals surface area contributed by atoms with Gasteiger partial charge in [-0.25, -0.2) is 4.79 Å². The van der Waals surface area contributed by atoms with Crippen LogP contribution in [0.5, 0.6) is 0 Å². The molecule has 7 heteroatoms. The summed E-state index contributed by atoms with van der Waals surface area (Å²) in [6.07, 6.45) is 0.329. The summed E-state index contributed by atoms with van der Waals surface area (Å²) < 4.78 is 5.72. The van der Waals surface area contributed by atoms with E-state index in [1.54, 1.807) is 0 Å². The van der Waals surface area contributed by atoms with Gasteiger partial charge in [0.25, 0.3) is 5.69 Å². The molecule has 0 bridgehead atoms. The lowest BCUT2D eigenvalue weighted by Crippen LogP contribution is -3.00. The van der Waals surface area contributed by atoms with Crippen molar-refractivity contribution in [1.29, 1.82) is 0 Å². The molecule has 0 N–H and O–H groups in total. The van der Waals surface area contributed by atoms with Crippen molar-refractivity contribution in [3.05, 3.63) is 75.8 Å². The molecule has 2 aromatic carbocycles. The number of carbonyl (C=O) groups excluding carboxylic acids is 1. The number of rotatable bonds is 9. The van der Waals surface area contributed by atoms with E-state index in [4.69, 9.17) is 4.74 Å². The normalized spacial score (nSPS) is 11.5. The van der Waals surface area contributed by atoms with E-state index >= 15 is 0 Å². The number of benzene rings is 2. The molecule has 0 aliphatic carbocycles. The molecular formula is C20H24ClN2O4-. The minimum Gasteiger partial charge on any atom is -1.00 e. The number of nitro groups is 1. The Morgan fingerprint density at radius 1 is 1.07 bits per heavy atom. The maximum atomic E-state index is 12.5. The van der Waals surface area contributed by atoms with Gasteiger partial charge in [0.15, 0.2) is 0 Å². The summed E-state index contributed by atoms with van der Waals surface area (Å²) in [7, 11) is 0. The Morgan fingerprint density at radius 2 is 1.67 bits per heavy atom. The fourth-order valence-electron chi connectivity index (χ4n) is 2.73. The lowest BCUT2D eigenvalue weighted by Gasteiger charge is -2.25. The molecule has 0 aliphatic rings. The molecular weight excluding hydrogens is 368 g/mol. The fourth-order valence-corrected chi connectivity index (χ4v) is 2.73. The van der Waals surface area contributed by atoms with Gasteiger partial charge in [0, 0.05) is 25.1 Å². The Bertz CT molecular complexity index is 719. The van der Waals surface area contributed by atoms with Crippen LogP contribution in [0.2, 0.25) is 0 Å². The number of carbonyl (C=O) groups is 1. The van der Waals surface area contributed by atoms with Crippen LogP contribution in [0.1, 0.15) is 29.8 Å². The van der Waals surface area contributed by atoms with Crippen LogP contribution in [-0.2, 0) is 11.2 Å². The third-order valence-corrected chi connectivity index (χ3v) is 4.25. The molecule has 6 nitrogen and oxygen atoms in total. The molecule has 0 fully saturated rings. The monoisotopic (exact) mass is 391 g/mol. The summed E-state index contributed by atoms with van der Waals surface area (Å²) >= 11 is 0. The van der Waals surface area contributed by atoms with Crippen LogP contribution in [0.3, 0.4) is 0 Å². The zero-order chi connectivity index (χ0) is 18.9. The Labute approximate surface area is 165 Å². The molecule has 2 aromatic rings. The maximum Gasteiger partial charge on any atom is 0.338 e. The second-order valence-corrected chi connectivity index (χ2v) is 6.01. The van der Waals surface area contributed by atoms with Crippen LogP contribution in [0.25, 0.3) is 0 Å². The van der Waals surface area contributed by atoms with Crippen molar-refractivity contribution in [3.63, 3.8) is 0 Å². The third kappa shape index (κ3) is 7.00. The highest BCUT2D eigenvalue weighted by atomic mass is 35.5. The van der Waals surface area contributed by atoms with Crippen molar-refractivity contribution in [3.8, 4) is 0 Å². The first-order valence-electron chi connectivity index (χ1n) is 8.75. The van der Waals surface area contributed by atoms with Crippen molar-refractivity contribution >= 4 is 11.7 Å². The summed E-state index contributed by atoms with van der Waals surface area (Å²) in [6, 6.07) is 15.4. The van der Waals surface area contributed by atoms with Crippen molar-refractivity contribution in [2.45, 2.75) is 26.4 Å². The van der Waals surface area contributed by atoms with E-state index in [0.717, 1.165) is 18.7 Å². The molecule has 0 aliphatic heterocycles. The molecule has 1 unspecified atom stereocenters. The molecule has 0 saturated heterocycles. The number of ether oxygens (including phenoxy) is 1. The van der Waals surface area contributed by atoms with Gasteiger partial charge in [-0.15, -0.1) is 0 Å². The van der Waals surface area contributed by atoms with Crippen molar-refractivity contribution in [2.24, 2.45) is 0 Å². The van der Waals surface area contributed by atoms with Crippen LogP contribution in [-0.4, -0.2) is 41.5 Å². The predicted octanol–water partition coefficient (Wildman–Crippen LogP) is 0.709. The highest BCUT2D eigenvalue weighted by Gasteiger charge is 2.19. The number of nitro benzene ring substituents is 1. The number of esters is 1. The summed E-state index contributed by atoms with van der Waals surface area (Å²) in [5.41, 5.74) is 1.36. The second kappa shape index (κ2) is 11.3. The highest BCUT2D eigenvalue weighted by Crippen LogP contribution is 2.15. The molecule has 0 spiro atoms. The minimum atomic E-state index is -0.492. The molecule has 27 heavy (non-hydrogen) atoms. The van der Waals surface area contributed by atoms with Gasteiger partial charge < -0.3 is 22.0 Å². The maximum absolute atomic E-state index is 12.5. The van der Waals surface area contributed by atoms with E-state index in [2.05, 4.69) is 18.7 Å². The van der Waals surface area contributed by atoms with Gasteiger partial charge in [0.1, 0.15) is 6.10 Å². The van der Waals surface area contributed by atoms with E-state index in [1.807, 2.05) is 30.3 Å². The van der Waals surface area contributed by atoms with Gasteiger partial charge >= 0.3 is 5.97 Å². The van der Waals surface area contributed by atoms with Crippen LogP contribution in [0, 0.1) is 10.1 Å². The average molecular weight is 392 g/mol. The summed E-state index contributed by atoms with van der Waals surface area (Å²) in [5.74, 6) is -0.465. The predicted molar refractivity (Wildman–Crippen MR) is 100 cm³/mol. The van der Waals surface area contributed by atoms with Crippen molar-refractivity contribution < 1.29 is 26.9 Å². The third-order valence-electron chi connectivity index (χ3n) is 4.25. The van der Waals surface area contributed by atoms with E-state index in [0.29, 0.717) is 18.5 Å². The lowest BCUT2D eigenvalue weighted by molar-refractivity contribution is -0.384. The number of likely N-dealkylation sites (N-methyl/N-ethyl adjacent to an activating group) is 1. The van der Waals surface area contributed by atoms with Gasteiger partial charge in [0.05, 0.1) is 10.5 Å². The summed E-state index contributed by atoms with van der Waals surface area (Å²) in [4.78, 5) is 24.9. The molecule has 0 radical (unpaired) electrons. The van der Waals surface area contributed by atoms with E-state index in [9.17, 15) is 14.9 Å². The largest absolute Gasteiger partial charge is 1.00 e. The molecule has 0 heterocycles. The molecule has 0 aromatic heterocycles. The molecule has 0 amide bonds. The van der Waals surface area contributed by atoms with Crippen LogP contribution >= 0.6 is 0 Å². The molecule has 2 rings (SSSR count). The zero-order valence-corrected chi connectivity index (χ0v) is 16.3. The van der Waals surface area contributed by atoms with Gasteiger partial charge in [-0.05, 0) is 30.8 Å². The smallest absolute Gasteiger partial charge is 0.338 e. The van der Waals surface area contributed by atoms with Gasteiger partial charge in [-0.2, -0.15) is 0 Å². The average Bonchev–Trinajstić information content (AvgIpc) is 2.66. The highest BCUT2D eigenvalue weighted by molar-refractivity contribution is 5.89. The Morgan fingerprint density at radius 3 is 2.19 bits per heavy atom. The van der Waals surface area contributed by atoms with E-state index < -0.39 is 10.9 Å². The summed E-state index contributed by atoms with van der Waals surface area (Å²) in [5, 5.41) is 10.7. The van der Waals surface area contributed by atoms with Crippen LogP contribution in [0.4, 0.5) is 5.69 Å². The number of non-ortho nitro benzene ring substituents is 1. The number of hydrogen-bond donors (Lipinski definition) is 0. The Hall–Kier alpha value is -2.44. The number of hydrogen-bond acceptors (Lipinski definition) is 5. The van der Waals surface area contributed by atoms with Gasteiger partial charge in [-0.1, -0.05) is 44.2 Å². The van der Waals surface area contributed by atoms with Gasteiger partial charge in [0.2, 0.25) is 0 Å². The first-order chi connectivity index (χ1) is 12.5. The summed E-state index contributed by atoms with van der Waals surface area (Å²) in [6.45, 7) is 6.52. The van der Waals surface area contributed by atoms with Crippen LogP contribution in [0.15, 0.2) is 54.6 Å². The van der Waals surface area contributed by atoms with Crippen molar-refractivity contribution in [2.75, 3.05) is 19.6 Å². The topological polar surface area (TPSA) is 72.7 Å². The van der Waals surface area contributed by atoms with Crippen molar-refractivity contribution in [1.82, 2.24) is 4.90 Å². The molecule has 0 saturated carbocycles. The second-order valence-electron chi connectivity index (χ2n) is 6.01. The van der Waals surface area contributed by atoms with Crippen LogP contribution < -0.4 is 12.4 Å². The SMILES string of the molecule is CCN(CC)CC(Cc1ccccc1)OC(=O)c1ccc([N+](=O)[O-])cc1.[Cl-]. The van der Waals surface area contributed by atoms with E-state index in [-0.39, 0.29) is 24.2 Å². The fraction of sp³-hybridized carbons (Fsp3) is 0.350. The Balaban J connectivity index is 0.00000364. The lowest BCUT2D eigenvalue weighted by atomic mass is 10.1. The molecule has 146 valence electrons. The first kappa shape index (κ1) is 22.6. The minimum absolute atomic E-state index is 0.